The third-order valence-corrected chi connectivity index (χ3v) is 8.57. The van der Waals surface area contributed by atoms with Crippen LogP contribution in [0.2, 0.25) is 0 Å². The van der Waals surface area contributed by atoms with Crippen molar-refractivity contribution in [2.24, 2.45) is 0 Å². The minimum Gasteiger partial charge on any atom is -0.444 e. The number of pyridine rings is 1. The molecular weight excluding hydrogens is 512 g/mol. The highest BCUT2D eigenvalue weighted by atomic mass is 32.1. The van der Waals surface area contributed by atoms with Crippen LogP contribution in [0.3, 0.4) is 0 Å². The smallest absolute Gasteiger partial charge is 0.410 e. The van der Waals surface area contributed by atoms with E-state index in [1.807, 2.05) is 38.1 Å². The zero-order chi connectivity index (χ0) is 27.1. The lowest BCUT2D eigenvalue weighted by atomic mass is 10.0. The van der Waals surface area contributed by atoms with Gasteiger partial charge in [0.15, 0.2) is 0 Å². The molecule has 3 aromatic heterocycles. The molecule has 0 radical (unpaired) electrons. The van der Waals surface area contributed by atoms with Gasteiger partial charge < -0.3 is 19.4 Å². The molecular formula is C29H36N6O3S. The van der Waals surface area contributed by atoms with Gasteiger partial charge in [-0.2, -0.15) is 0 Å². The zero-order valence-corrected chi connectivity index (χ0v) is 23.8. The Kier molecular flexibility index (Phi) is 6.91. The summed E-state index contributed by atoms with van der Waals surface area (Å²) in [5, 5.41) is 1.12. The average Bonchev–Trinajstić information content (AvgIpc) is 3.70. The van der Waals surface area contributed by atoms with Crippen molar-refractivity contribution < 1.29 is 14.3 Å². The normalized spacial score (nSPS) is 18.5. The van der Waals surface area contributed by atoms with Crippen molar-refractivity contribution in [1.29, 1.82) is 0 Å². The van der Waals surface area contributed by atoms with E-state index in [1.165, 1.54) is 36.2 Å². The molecule has 2 amide bonds. The molecule has 9 nitrogen and oxygen atoms in total. The predicted octanol–water partition coefficient (Wildman–Crippen LogP) is 5.31. The van der Waals surface area contributed by atoms with E-state index in [0.29, 0.717) is 38.0 Å². The second kappa shape index (κ2) is 10.4. The largest absolute Gasteiger partial charge is 0.444 e. The molecule has 0 unspecified atom stereocenters. The van der Waals surface area contributed by atoms with Gasteiger partial charge in [-0.1, -0.05) is 0 Å². The Morgan fingerprint density at radius 1 is 0.923 bits per heavy atom. The molecule has 6 rings (SSSR count). The number of ether oxygens (including phenoxy) is 1. The molecule has 0 N–H and O–H groups in total. The van der Waals surface area contributed by atoms with Crippen molar-refractivity contribution in [1.82, 2.24) is 24.8 Å². The van der Waals surface area contributed by atoms with Crippen LogP contribution in [0.25, 0.3) is 21.5 Å². The molecule has 0 aromatic carbocycles. The van der Waals surface area contributed by atoms with Crippen LogP contribution in [0, 0.1) is 0 Å². The molecule has 5 heterocycles. The third kappa shape index (κ3) is 5.71. The lowest BCUT2D eigenvalue weighted by Crippen LogP contribution is -2.50. The molecule has 0 spiro atoms. The van der Waals surface area contributed by atoms with Gasteiger partial charge in [0, 0.05) is 62.6 Å². The molecule has 1 aliphatic carbocycles. The number of amides is 2. The number of hydrogen-bond acceptors (Lipinski definition) is 8. The summed E-state index contributed by atoms with van der Waals surface area (Å²) in [7, 11) is 0. The van der Waals surface area contributed by atoms with Crippen LogP contribution in [0.4, 0.5) is 10.7 Å². The monoisotopic (exact) mass is 548 g/mol. The molecule has 0 bridgehead atoms. The minimum atomic E-state index is -0.503. The number of carbonyl (C=O) groups excluding carboxylic acids is 2. The predicted molar refractivity (Wildman–Crippen MR) is 152 cm³/mol. The summed E-state index contributed by atoms with van der Waals surface area (Å²) in [5.41, 5.74) is 2.50. The van der Waals surface area contributed by atoms with Gasteiger partial charge in [-0.05, 0) is 76.5 Å². The number of thiophene rings is 1. The third-order valence-electron chi connectivity index (χ3n) is 7.56. The zero-order valence-electron chi connectivity index (χ0n) is 23.0. The summed E-state index contributed by atoms with van der Waals surface area (Å²) >= 11 is 1.51. The van der Waals surface area contributed by atoms with Gasteiger partial charge in [-0.25, -0.2) is 19.7 Å². The summed E-state index contributed by atoms with van der Waals surface area (Å²) < 4.78 is 5.50. The molecule has 0 atom stereocenters. The Labute approximate surface area is 233 Å². The van der Waals surface area contributed by atoms with Crippen LogP contribution in [0.1, 0.15) is 74.0 Å². The summed E-state index contributed by atoms with van der Waals surface area (Å²) in [4.78, 5) is 47.4. The number of carbonyl (C=O) groups is 2. The van der Waals surface area contributed by atoms with Crippen molar-refractivity contribution in [3.63, 3.8) is 0 Å². The van der Waals surface area contributed by atoms with Crippen molar-refractivity contribution >= 4 is 39.5 Å². The maximum absolute atomic E-state index is 13.2. The van der Waals surface area contributed by atoms with Gasteiger partial charge in [0.2, 0.25) is 5.95 Å². The Morgan fingerprint density at radius 3 is 2.26 bits per heavy atom. The second-order valence-electron chi connectivity index (χ2n) is 11.8. The number of hydrogen-bond donors (Lipinski definition) is 0. The topological polar surface area (TPSA) is 91.8 Å². The molecule has 1 saturated carbocycles. The SMILES string of the molecule is CC(C)(C)OC(=O)N1CCN(c2ncc(-c3cc(C4CC4)c4cc(C(=O)N5CCCCC5)sc4n3)cn2)CC1. The fourth-order valence-corrected chi connectivity index (χ4v) is 6.34. The van der Waals surface area contributed by atoms with Crippen LogP contribution in [-0.2, 0) is 4.74 Å². The molecule has 3 fully saturated rings. The Balaban J connectivity index is 1.19. The highest BCUT2D eigenvalue weighted by Crippen LogP contribution is 2.45. The summed E-state index contributed by atoms with van der Waals surface area (Å²) in [5.74, 6) is 1.32. The van der Waals surface area contributed by atoms with E-state index in [-0.39, 0.29) is 12.0 Å². The number of fused-ring (bicyclic) bond motifs is 1. The van der Waals surface area contributed by atoms with E-state index < -0.39 is 5.60 Å². The summed E-state index contributed by atoms with van der Waals surface area (Å²) in [6.45, 7) is 9.77. The Hall–Kier alpha value is -3.27. The van der Waals surface area contributed by atoms with E-state index in [4.69, 9.17) is 9.72 Å². The van der Waals surface area contributed by atoms with E-state index in [0.717, 1.165) is 52.3 Å². The van der Waals surface area contributed by atoms with Gasteiger partial charge in [0.1, 0.15) is 10.4 Å². The first-order chi connectivity index (χ1) is 18.7. The quantitative estimate of drug-likeness (QED) is 0.436. The minimum absolute atomic E-state index is 0.139. The van der Waals surface area contributed by atoms with Gasteiger partial charge in [-0.3, -0.25) is 4.79 Å². The van der Waals surface area contributed by atoms with Gasteiger partial charge >= 0.3 is 6.09 Å². The number of likely N-dealkylation sites (tertiary alicyclic amines) is 1. The highest BCUT2D eigenvalue weighted by Gasteiger charge is 2.30. The first-order valence-corrected chi connectivity index (χ1v) is 14.9. The maximum Gasteiger partial charge on any atom is 0.410 e. The number of nitrogens with zero attached hydrogens (tertiary/aromatic N) is 6. The fourth-order valence-electron chi connectivity index (χ4n) is 5.31. The van der Waals surface area contributed by atoms with Crippen LogP contribution >= 0.6 is 11.3 Å². The second-order valence-corrected chi connectivity index (χ2v) is 12.8. The number of piperidine rings is 1. The number of piperazine rings is 1. The fraction of sp³-hybridized carbons (Fsp3) is 0.552. The molecule has 3 aliphatic rings. The van der Waals surface area contributed by atoms with Gasteiger partial charge in [-0.15, -0.1) is 11.3 Å². The first kappa shape index (κ1) is 26.0. The summed E-state index contributed by atoms with van der Waals surface area (Å²) in [6, 6.07) is 4.23. The molecule has 10 heteroatoms. The van der Waals surface area contributed by atoms with Crippen molar-refractivity contribution in [2.75, 3.05) is 44.2 Å². The Morgan fingerprint density at radius 2 is 1.62 bits per heavy atom. The summed E-state index contributed by atoms with van der Waals surface area (Å²) in [6.07, 6.45) is 9.12. The lowest BCUT2D eigenvalue weighted by molar-refractivity contribution is 0.0240. The van der Waals surface area contributed by atoms with Crippen molar-refractivity contribution in [3.8, 4) is 11.3 Å². The Bertz CT molecular complexity index is 1360. The van der Waals surface area contributed by atoms with Crippen LogP contribution < -0.4 is 4.90 Å². The van der Waals surface area contributed by atoms with Gasteiger partial charge in [0.05, 0.1) is 10.6 Å². The van der Waals surface area contributed by atoms with Gasteiger partial charge in [0.25, 0.3) is 5.91 Å². The van der Waals surface area contributed by atoms with Crippen molar-refractivity contribution in [2.45, 2.75) is 64.4 Å². The van der Waals surface area contributed by atoms with E-state index in [2.05, 4.69) is 27.0 Å². The van der Waals surface area contributed by atoms with Crippen LogP contribution in [0.15, 0.2) is 24.5 Å². The highest BCUT2D eigenvalue weighted by molar-refractivity contribution is 7.20. The molecule has 3 aromatic rings. The van der Waals surface area contributed by atoms with E-state index in [9.17, 15) is 9.59 Å². The van der Waals surface area contributed by atoms with E-state index in [1.54, 1.807) is 4.90 Å². The molecule has 39 heavy (non-hydrogen) atoms. The standard InChI is InChI=1S/C29H36N6O3S/c1-29(2,3)38-28(37)35-13-11-34(12-14-35)27-30-17-20(18-31-27)23-15-21(19-7-8-19)22-16-24(39-25(22)32-23)26(36)33-9-5-4-6-10-33/h15-19H,4-14H2,1-3H3. The van der Waals surface area contributed by atoms with Crippen molar-refractivity contribution in [3.05, 3.63) is 35.0 Å². The first-order valence-electron chi connectivity index (χ1n) is 14.0. The number of rotatable bonds is 4. The maximum atomic E-state index is 13.2. The van der Waals surface area contributed by atoms with Crippen LogP contribution in [-0.4, -0.2) is 81.6 Å². The molecule has 2 aliphatic heterocycles. The van der Waals surface area contributed by atoms with E-state index >= 15 is 0 Å². The molecule has 206 valence electrons. The van der Waals surface area contributed by atoms with Crippen LogP contribution in [0.5, 0.6) is 0 Å². The molecule has 2 saturated heterocycles. The number of anilines is 1. The number of aromatic nitrogens is 3. The lowest BCUT2D eigenvalue weighted by Gasteiger charge is -2.35. The average molecular weight is 549 g/mol.